The van der Waals surface area contributed by atoms with E-state index in [2.05, 4.69) is 34.1 Å². The molecule has 17 heavy (non-hydrogen) atoms. The monoisotopic (exact) mass is 291 g/mol. The van der Waals surface area contributed by atoms with Gasteiger partial charge in [0.15, 0.2) is 0 Å². The average molecular weight is 292 g/mol. The van der Waals surface area contributed by atoms with Crippen molar-refractivity contribution in [2.75, 3.05) is 6.61 Å². The Morgan fingerprint density at radius 1 is 1.29 bits per heavy atom. The summed E-state index contributed by atoms with van der Waals surface area (Å²) in [7, 11) is 0. The SMILES string of the molecule is N[C@@H]1CCCOc2c1cc1ccccc1c2Br. The van der Waals surface area contributed by atoms with Crippen LogP contribution in [0, 0.1) is 0 Å². The van der Waals surface area contributed by atoms with Gasteiger partial charge in [0, 0.05) is 11.6 Å². The number of rotatable bonds is 0. The zero-order chi connectivity index (χ0) is 11.8. The van der Waals surface area contributed by atoms with Gasteiger partial charge in [-0.1, -0.05) is 24.3 Å². The lowest BCUT2D eigenvalue weighted by Crippen LogP contribution is -2.09. The highest BCUT2D eigenvalue weighted by Crippen LogP contribution is 2.41. The third-order valence-electron chi connectivity index (χ3n) is 3.28. The number of fused-ring (bicyclic) bond motifs is 2. The molecule has 2 aromatic rings. The molecule has 2 nitrogen and oxygen atoms in total. The van der Waals surface area contributed by atoms with Gasteiger partial charge in [-0.3, -0.25) is 0 Å². The molecule has 1 heterocycles. The Kier molecular flexibility index (Phi) is 2.81. The van der Waals surface area contributed by atoms with Crippen LogP contribution in [0.2, 0.25) is 0 Å². The van der Waals surface area contributed by atoms with E-state index in [4.69, 9.17) is 10.5 Å². The molecule has 0 amide bonds. The molecule has 0 saturated heterocycles. The molecule has 0 bridgehead atoms. The van der Waals surface area contributed by atoms with Gasteiger partial charge in [-0.2, -0.15) is 0 Å². The van der Waals surface area contributed by atoms with E-state index in [1.54, 1.807) is 0 Å². The van der Waals surface area contributed by atoms with Crippen LogP contribution < -0.4 is 10.5 Å². The fraction of sp³-hybridized carbons (Fsp3) is 0.286. The largest absolute Gasteiger partial charge is 0.492 e. The normalized spacial score (nSPS) is 19.5. The fourth-order valence-corrected chi connectivity index (χ4v) is 3.06. The minimum Gasteiger partial charge on any atom is -0.492 e. The molecule has 1 atom stereocenters. The van der Waals surface area contributed by atoms with Crippen LogP contribution in [0.15, 0.2) is 34.8 Å². The number of hydrogen-bond donors (Lipinski definition) is 1. The number of benzene rings is 2. The summed E-state index contributed by atoms with van der Waals surface area (Å²) >= 11 is 3.65. The van der Waals surface area contributed by atoms with Crippen molar-refractivity contribution in [1.29, 1.82) is 0 Å². The molecule has 0 aliphatic carbocycles. The summed E-state index contributed by atoms with van der Waals surface area (Å²) in [6.07, 6.45) is 2.00. The van der Waals surface area contributed by atoms with E-state index >= 15 is 0 Å². The minimum absolute atomic E-state index is 0.0772. The van der Waals surface area contributed by atoms with Crippen LogP contribution in [0.5, 0.6) is 5.75 Å². The van der Waals surface area contributed by atoms with E-state index in [9.17, 15) is 0 Å². The Balaban J connectivity index is 2.31. The maximum atomic E-state index is 6.21. The van der Waals surface area contributed by atoms with Gasteiger partial charge < -0.3 is 10.5 Å². The van der Waals surface area contributed by atoms with Crippen molar-refractivity contribution in [1.82, 2.24) is 0 Å². The maximum Gasteiger partial charge on any atom is 0.138 e. The molecular formula is C14H14BrNO. The Morgan fingerprint density at radius 2 is 2.12 bits per heavy atom. The van der Waals surface area contributed by atoms with Crippen LogP contribution in [0.4, 0.5) is 0 Å². The Hall–Kier alpha value is -1.06. The van der Waals surface area contributed by atoms with Crippen molar-refractivity contribution in [3.05, 3.63) is 40.4 Å². The molecule has 0 fully saturated rings. The average Bonchev–Trinajstić information content (AvgIpc) is 2.53. The minimum atomic E-state index is 0.0772. The lowest BCUT2D eigenvalue weighted by molar-refractivity contribution is 0.315. The summed E-state index contributed by atoms with van der Waals surface area (Å²) in [6, 6.07) is 10.5. The highest BCUT2D eigenvalue weighted by Gasteiger charge is 2.20. The molecule has 0 saturated carbocycles. The summed E-state index contributed by atoms with van der Waals surface area (Å²) in [5.41, 5.74) is 7.32. The van der Waals surface area contributed by atoms with E-state index in [0.29, 0.717) is 0 Å². The number of hydrogen-bond acceptors (Lipinski definition) is 2. The highest BCUT2D eigenvalue weighted by molar-refractivity contribution is 9.10. The van der Waals surface area contributed by atoms with Crippen LogP contribution in [0.3, 0.4) is 0 Å². The van der Waals surface area contributed by atoms with Crippen molar-refractivity contribution < 1.29 is 4.74 Å². The van der Waals surface area contributed by atoms with Crippen molar-refractivity contribution in [3.8, 4) is 5.75 Å². The van der Waals surface area contributed by atoms with Gasteiger partial charge in [0.2, 0.25) is 0 Å². The number of ether oxygens (including phenoxy) is 1. The van der Waals surface area contributed by atoms with Crippen LogP contribution in [0.1, 0.15) is 24.4 Å². The first-order valence-electron chi connectivity index (χ1n) is 5.87. The van der Waals surface area contributed by atoms with Crippen molar-refractivity contribution >= 4 is 26.7 Å². The third-order valence-corrected chi connectivity index (χ3v) is 4.06. The van der Waals surface area contributed by atoms with Gasteiger partial charge in [-0.25, -0.2) is 0 Å². The van der Waals surface area contributed by atoms with Gasteiger partial charge >= 0.3 is 0 Å². The van der Waals surface area contributed by atoms with Crippen LogP contribution >= 0.6 is 15.9 Å². The summed E-state index contributed by atoms with van der Waals surface area (Å²) in [5.74, 6) is 0.925. The second-order valence-electron chi connectivity index (χ2n) is 4.43. The predicted molar refractivity (Wildman–Crippen MR) is 73.3 cm³/mol. The Morgan fingerprint density at radius 3 is 3.00 bits per heavy atom. The zero-order valence-corrected chi connectivity index (χ0v) is 11.0. The molecule has 0 radical (unpaired) electrons. The second-order valence-corrected chi connectivity index (χ2v) is 5.22. The Bertz CT molecular complexity index is 567. The summed E-state index contributed by atoms with van der Waals surface area (Å²) in [6.45, 7) is 0.748. The topological polar surface area (TPSA) is 35.2 Å². The first kappa shape index (κ1) is 11.1. The quantitative estimate of drug-likeness (QED) is 0.802. The molecule has 3 heteroatoms. The number of nitrogens with two attached hydrogens (primary N) is 1. The predicted octanol–water partition coefficient (Wildman–Crippen LogP) is 3.77. The summed E-state index contributed by atoms with van der Waals surface area (Å²) < 4.78 is 6.86. The summed E-state index contributed by atoms with van der Waals surface area (Å²) in [4.78, 5) is 0. The van der Waals surface area contributed by atoms with Gasteiger partial charge in [0.05, 0.1) is 11.1 Å². The maximum absolute atomic E-state index is 6.21. The van der Waals surface area contributed by atoms with E-state index < -0.39 is 0 Å². The van der Waals surface area contributed by atoms with Crippen LogP contribution in [-0.4, -0.2) is 6.61 Å². The molecule has 2 aromatic carbocycles. The van der Waals surface area contributed by atoms with E-state index in [1.165, 1.54) is 10.8 Å². The standard InChI is InChI=1S/C14H14BrNO/c15-13-10-5-2-1-4-9(10)8-11-12(16)6-3-7-17-14(11)13/h1-2,4-5,8,12H,3,6-7,16H2/t12-/m1/s1. The first-order chi connectivity index (χ1) is 8.27. The van der Waals surface area contributed by atoms with Gasteiger partial charge in [0.1, 0.15) is 5.75 Å². The van der Waals surface area contributed by atoms with Crippen molar-refractivity contribution in [2.45, 2.75) is 18.9 Å². The molecule has 0 spiro atoms. The molecular weight excluding hydrogens is 278 g/mol. The fourth-order valence-electron chi connectivity index (χ4n) is 2.36. The van der Waals surface area contributed by atoms with E-state index in [-0.39, 0.29) is 6.04 Å². The van der Waals surface area contributed by atoms with E-state index in [1.807, 2.05) is 12.1 Å². The molecule has 1 aliphatic heterocycles. The molecule has 3 rings (SSSR count). The van der Waals surface area contributed by atoms with Gasteiger partial charge in [0.25, 0.3) is 0 Å². The van der Waals surface area contributed by atoms with Crippen molar-refractivity contribution in [3.63, 3.8) is 0 Å². The summed E-state index contributed by atoms with van der Waals surface area (Å²) in [5, 5.41) is 2.39. The molecule has 0 unspecified atom stereocenters. The van der Waals surface area contributed by atoms with E-state index in [0.717, 1.165) is 35.2 Å². The van der Waals surface area contributed by atoms with Crippen LogP contribution in [-0.2, 0) is 0 Å². The zero-order valence-electron chi connectivity index (χ0n) is 9.45. The molecule has 88 valence electrons. The molecule has 2 N–H and O–H groups in total. The third kappa shape index (κ3) is 1.83. The van der Waals surface area contributed by atoms with Gasteiger partial charge in [-0.05, 0) is 45.6 Å². The second kappa shape index (κ2) is 4.31. The molecule has 0 aromatic heterocycles. The number of halogens is 1. The Labute approximate surface area is 109 Å². The smallest absolute Gasteiger partial charge is 0.138 e. The lowest BCUT2D eigenvalue weighted by Gasteiger charge is -2.15. The van der Waals surface area contributed by atoms with Crippen LogP contribution in [0.25, 0.3) is 10.8 Å². The van der Waals surface area contributed by atoms with Crippen molar-refractivity contribution in [2.24, 2.45) is 5.73 Å². The van der Waals surface area contributed by atoms with Gasteiger partial charge in [-0.15, -0.1) is 0 Å². The lowest BCUT2D eigenvalue weighted by atomic mass is 9.99. The molecule has 1 aliphatic rings. The highest BCUT2D eigenvalue weighted by atomic mass is 79.9. The first-order valence-corrected chi connectivity index (χ1v) is 6.66.